The molecule has 4 nitrogen and oxygen atoms in total. The average Bonchev–Trinajstić information content (AvgIpc) is 2.82. The Bertz CT molecular complexity index is 370. The fourth-order valence-corrected chi connectivity index (χ4v) is 3.13. The molecule has 2 fully saturated rings. The van der Waals surface area contributed by atoms with Crippen LogP contribution in [-0.2, 0) is 19.0 Å². The van der Waals surface area contributed by atoms with E-state index in [4.69, 9.17) is 14.2 Å². The maximum Gasteiger partial charge on any atom is 0.309 e. The molecule has 2 atom stereocenters. The first-order chi connectivity index (χ1) is 8.93. The second-order valence-corrected chi connectivity index (χ2v) is 5.78. The van der Waals surface area contributed by atoms with Crippen molar-refractivity contribution in [2.75, 3.05) is 19.8 Å². The van der Waals surface area contributed by atoms with Crippen molar-refractivity contribution in [2.24, 2.45) is 11.3 Å². The van der Waals surface area contributed by atoms with E-state index < -0.39 is 5.79 Å². The van der Waals surface area contributed by atoms with Gasteiger partial charge in [0.25, 0.3) is 0 Å². The Morgan fingerprint density at radius 3 is 2.68 bits per heavy atom. The van der Waals surface area contributed by atoms with Crippen molar-refractivity contribution < 1.29 is 19.0 Å². The van der Waals surface area contributed by atoms with Crippen LogP contribution in [-0.4, -0.2) is 31.6 Å². The Labute approximate surface area is 115 Å². The van der Waals surface area contributed by atoms with Crippen molar-refractivity contribution in [2.45, 2.75) is 45.8 Å². The fraction of sp³-hybridized carbons (Fsp3) is 0.800. The third kappa shape index (κ3) is 2.56. The summed E-state index contributed by atoms with van der Waals surface area (Å²) >= 11 is 0. The highest BCUT2D eigenvalue weighted by Crippen LogP contribution is 2.52. The molecule has 2 unspecified atom stereocenters. The molecule has 1 spiro atoms. The number of hydrogen-bond acceptors (Lipinski definition) is 4. The molecule has 4 heteroatoms. The van der Waals surface area contributed by atoms with Gasteiger partial charge in [-0.25, -0.2) is 0 Å². The lowest BCUT2D eigenvalue weighted by atomic mass is 9.63. The van der Waals surface area contributed by atoms with Crippen LogP contribution in [0.1, 0.15) is 40.0 Å². The van der Waals surface area contributed by atoms with E-state index in [1.165, 1.54) is 0 Å². The van der Waals surface area contributed by atoms with Crippen LogP contribution in [0.4, 0.5) is 0 Å². The number of allylic oxidation sites excluding steroid dienone is 1. The normalized spacial score (nSPS) is 31.4. The van der Waals surface area contributed by atoms with Gasteiger partial charge in [-0.3, -0.25) is 4.79 Å². The molecular weight excluding hydrogens is 244 g/mol. The largest absolute Gasteiger partial charge is 0.466 e. The number of esters is 1. The van der Waals surface area contributed by atoms with Crippen LogP contribution in [0.15, 0.2) is 12.2 Å². The summed E-state index contributed by atoms with van der Waals surface area (Å²) in [6.45, 7) is 11.7. The summed E-state index contributed by atoms with van der Waals surface area (Å²) in [6.07, 6.45) is 2.34. The lowest BCUT2D eigenvalue weighted by molar-refractivity contribution is -0.198. The van der Waals surface area contributed by atoms with Gasteiger partial charge in [-0.1, -0.05) is 26.0 Å². The molecule has 1 saturated heterocycles. The van der Waals surface area contributed by atoms with Crippen molar-refractivity contribution in [3.63, 3.8) is 0 Å². The monoisotopic (exact) mass is 268 g/mol. The van der Waals surface area contributed by atoms with E-state index in [2.05, 4.69) is 13.5 Å². The van der Waals surface area contributed by atoms with Crippen molar-refractivity contribution in [1.82, 2.24) is 0 Å². The van der Waals surface area contributed by atoms with E-state index in [0.717, 1.165) is 18.4 Å². The van der Waals surface area contributed by atoms with E-state index in [1.807, 2.05) is 13.8 Å². The number of ether oxygens (including phenoxy) is 3. The van der Waals surface area contributed by atoms with Gasteiger partial charge in [-0.2, -0.15) is 0 Å². The van der Waals surface area contributed by atoms with Gasteiger partial charge in [0, 0.05) is 18.3 Å². The van der Waals surface area contributed by atoms with Crippen LogP contribution in [0.2, 0.25) is 0 Å². The zero-order chi connectivity index (χ0) is 14.1. The van der Waals surface area contributed by atoms with Gasteiger partial charge in [0.2, 0.25) is 0 Å². The van der Waals surface area contributed by atoms with Gasteiger partial charge < -0.3 is 14.2 Å². The van der Waals surface area contributed by atoms with Crippen molar-refractivity contribution >= 4 is 5.97 Å². The summed E-state index contributed by atoms with van der Waals surface area (Å²) in [5, 5.41) is 0. The highest BCUT2D eigenvalue weighted by molar-refractivity contribution is 5.73. The molecule has 0 radical (unpaired) electrons. The van der Waals surface area contributed by atoms with Gasteiger partial charge >= 0.3 is 5.97 Å². The summed E-state index contributed by atoms with van der Waals surface area (Å²) in [5.74, 6) is -0.914. The predicted molar refractivity (Wildman–Crippen MR) is 71.5 cm³/mol. The van der Waals surface area contributed by atoms with Gasteiger partial charge in [-0.05, 0) is 13.3 Å². The zero-order valence-electron chi connectivity index (χ0n) is 12.2. The fourth-order valence-electron chi connectivity index (χ4n) is 3.13. The lowest BCUT2D eigenvalue weighted by Gasteiger charge is -2.46. The number of rotatable bonds is 3. The van der Waals surface area contributed by atoms with Crippen molar-refractivity contribution in [3.8, 4) is 0 Å². The second kappa shape index (κ2) is 5.25. The summed E-state index contributed by atoms with van der Waals surface area (Å²) in [7, 11) is 0. The maximum absolute atomic E-state index is 12.1. The highest BCUT2D eigenvalue weighted by Gasteiger charge is 2.52. The Morgan fingerprint density at radius 1 is 1.47 bits per heavy atom. The first-order valence-corrected chi connectivity index (χ1v) is 7.06. The van der Waals surface area contributed by atoms with Crippen LogP contribution < -0.4 is 0 Å². The first kappa shape index (κ1) is 14.5. The molecule has 1 heterocycles. The summed E-state index contributed by atoms with van der Waals surface area (Å²) in [5.41, 5.74) is 0.771. The van der Waals surface area contributed by atoms with Crippen molar-refractivity contribution in [3.05, 3.63) is 12.2 Å². The Balaban J connectivity index is 2.18. The summed E-state index contributed by atoms with van der Waals surface area (Å²) < 4.78 is 16.8. The molecule has 0 N–H and O–H groups in total. The van der Waals surface area contributed by atoms with E-state index >= 15 is 0 Å². The molecule has 0 amide bonds. The van der Waals surface area contributed by atoms with Crippen LogP contribution in [0.25, 0.3) is 0 Å². The third-order valence-electron chi connectivity index (χ3n) is 4.66. The van der Waals surface area contributed by atoms with E-state index in [1.54, 1.807) is 0 Å². The smallest absolute Gasteiger partial charge is 0.309 e. The molecule has 0 aromatic carbocycles. The van der Waals surface area contributed by atoms with Crippen molar-refractivity contribution in [1.29, 1.82) is 0 Å². The Hall–Kier alpha value is -0.870. The maximum atomic E-state index is 12.1. The van der Waals surface area contributed by atoms with E-state index in [-0.39, 0.29) is 17.3 Å². The SMILES string of the molecule is C=C1CCC2(CC1(C)C(C)C(=O)OCC)OCCO2. The van der Waals surface area contributed by atoms with E-state index in [9.17, 15) is 4.79 Å². The molecule has 1 aliphatic heterocycles. The van der Waals surface area contributed by atoms with Gasteiger partial charge in [0.1, 0.15) is 0 Å². The topological polar surface area (TPSA) is 44.8 Å². The molecule has 108 valence electrons. The van der Waals surface area contributed by atoms with Gasteiger partial charge in [0.05, 0.1) is 25.7 Å². The standard InChI is InChI=1S/C15H24O4/c1-5-17-13(16)12(3)14(4)10-15(7-6-11(14)2)18-8-9-19-15/h12H,2,5-10H2,1,3-4H3. The molecule has 0 aromatic heterocycles. The molecule has 0 aromatic rings. The second-order valence-electron chi connectivity index (χ2n) is 5.78. The summed E-state index contributed by atoms with van der Waals surface area (Å²) in [4.78, 5) is 12.1. The minimum absolute atomic E-state index is 0.166. The molecule has 0 bridgehead atoms. The van der Waals surface area contributed by atoms with Crippen LogP contribution in [0, 0.1) is 11.3 Å². The number of carbonyl (C=O) groups excluding carboxylic acids is 1. The lowest BCUT2D eigenvalue weighted by Crippen LogP contribution is -2.47. The molecule has 1 aliphatic carbocycles. The predicted octanol–water partition coefficient (Wildman–Crippen LogP) is 2.68. The van der Waals surface area contributed by atoms with Crippen LogP contribution in [0.5, 0.6) is 0 Å². The minimum Gasteiger partial charge on any atom is -0.466 e. The zero-order valence-corrected chi connectivity index (χ0v) is 12.2. The quantitative estimate of drug-likeness (QED) is 0.583. The number of hydrogen-bond donors (Lipinski definition) is 0. The number of carbonyl (C=O) groups is 1. The van der Waals surface area contributed by atoms with E-state index in [0.29, 0.717) is 26.2 Å². The first-order valence-electron chi connectivity index (χ1n) is 7.06. The highest BCUT2D eigenvalue weighted by atomic mass is 16.7. The van der Waals surface area contributed by atoms with Crippen LogP contribution in [0.3, 0.4) is 0 Å². The molecule has 1 saturated carbocycles. The molecular formula is C15H24O4. The van der Waals surface area contributed by atoms with Gasteiger partial charge in [0.15, 0.2) is 5.79 Å². The third-order valence-corrected chi connectivity index (χ3v) is 4.66. The summed E-state index contributed by atoms with van der Waals surface area (Å²) in [6, 6.07) is 0. The average molecular weight is 268 g/mol. The molecule has 2 aliphatic rings. The molecule has 2 rings (SSSR count). The Kier molecular flexibility index (Phi) is 4.02. The molecule has 19 heavy (non-hydrogen) atoms. The van der Waals surface area contributed by atoms with Crippen LogP contribution >= 0.6 is 0 Å². The van der Waals surface area contributed by atoms with Gasteiger partial charge in [-0.15, -0.1) is 0 Å². The Morgan fingerprint density at radius 2 is 2.11 bits per heavy atom. The minimum atomic E-state index is -0.517.